The second kappa shape index (κ2) is 9.02. The zero-order valence-electron chi connectivity index (χ0n) is 13.3. The quantitative estimate of drug-likeness (QED) is 0.408. The third kappa shape index (κ3) is 5.31. The molecule has 25 heavy (non-hydrogen) atoms. The standard InChI is InChI=1S/C14H15F3N4O2S2/c1-7(24-14-21-20-13(25-14)18-5-6-23-2)12(22)19-9-4-3-8(15)10(16)11(9)17/h3-4,7H,5-6H2,1-2H3,(H,18,20)(H,19,22). The number of hydrogen-bond donors (Lipinski definition) is 2. The number of benzene rings is 1. The van der Waals surface area contributed by atoms with Crippen LogP contribution in [0.2, 0.25) is 0 Å². The van der Waals surface area contributed by atoms with Crippen LogP contribution in [-0.2, 0) is 9.53 Å². The highest BCUT2D eigenvalue weighted by Gasteiger charge is 2.20. The Morgan fingerprint density at radius 3 is 2.80 bits per heavy atom. The van der Waals surface area contributed by atoms with Crippen molar-refractivity contribution in [3.8, 4) is 0 Å². The van der Waals surface area contributed by atoms with E-state index in [4.69, 9.17) is 4.74 Å². The molecule has 1 unspecified atom stereocenters. The summed E-state index contributed by atoms with van der Waals surface area (Å²) < 4.78 is 45.1. The number of anilines is 2. The summed E-state index contributed by atoms with van der Waals surface area (Å²) in [5, 5.41) is 13.0. The number of aromatic nitrogens is 2. The topological polar surface area (TPSA) is 76.1 Å². The summed E-state index contributed by atoms with van der Waals surface area (Å²) in [4.78, 5) is 12.1. The Balaban J connectivity index is 1.93. The molecule has 1 aromatic carbocycles. The van der Waals surface area contributed by atoms with Gasteiger partial charge in [-0.3, -0.25) is 4.79 Å². The minimum Gasteiger partial charge on any atom is -0.383 e. The molecule has 0 aliphatic carbocycles. The fourth-order valence-corrected chi connectivity index (χ4v) is 3.57. The molecule has 0 bridgehead atoms. The summed E-state index contributed by atoms with van der Waals surface area (Å²) in [6, 6.07) is 1.71. The molecule has 0 fully saturated rings. The largest absolute Gasteiger partial charge is 0.383 e. The Kier molecular flexibility index (Phi) is 7.02. The summed E-state index contributed by atoms with van der Waals surface area (Å²) in [5.74, 6) is -4.96. The van der Waals surface area contributed by atoms with Crippen LogP contribution in [0.5, 0.6) is 0 Å². The number of thioether (sulfide) groups is 1. The maximum atomic E-state index is 13.6. The van der Waals surface area contributed by atoms with E-state index in [0.29, 0.717) is 22.6 Å². The molecule has 136 valence electrons. The van der Waals surface area contributed by atoms with Crippen LogP contribution < -0.4 is 10.6 Å². The first kappa shape index (κ1) is 19.5. The zero-order valence-corrected chi connectivity index (χ0v) is 14.9. The Morgan fingerprint density at radius 2 is 2.08 bits per heavy atom. The summed E-state index contributed by atoms with van der Waals surface area (Å²) in [5.41, 5.74) is -0.421. The summed E-state index contributed by atoms with van der Waals surface area (Å²) in [6.45, 7) is 2.67. The van der Waals surface area contributed by atoms with Gasteiger partial charge in [-0.1, -0.05) is 23.1 Å². The van der Waals surface area contributed by atoms with Crippen molar-refractivity contribution in [2.45, 2.75) is 16.5 Å². The van der Waals surface area contributed by atoms with Crippen LogP contribution in [0.3, 0.4) is 0 Å². The molecule has 0 radical (unpaired) electrons. The number of carbonyl (C=O) groups is 1. The minimum atomic E-state index is -1.63. The second-order valence-corrected chi connectivity index (χ2v) is 7.33. The molecule has 6 nitrogen and oxygen atoms in total. The Labute approximate surface area is 150 Å². The number of halogens is 3. The summed E-state index contributed by atoms with van der Waals surface area (Å²) in [6.07, 6.45) is 0. The van der Waals surface area contributed by atoms with Crippen LogP contribution >= 0.6 is 23.1 Å². The molecule has 0 saturated heterocycles. The Morgan fingerprint density at radius 1 is 1.32 bits per heavy atom. The lowest BCUT2D eigenvalue weighted by Crippen LogP contribution is -2.23. The van der Waals surface area contributed by atoms with Gasteiger partial charge in [-0.05, 0) is 19.1 Å². The third-order valence-electron chi connectivity index (χ3n) is 2.93. The SMILES string of the molecule is COCCNc1nnc(SC(C)C(=O)Nc2ccc(F)c(F)c2F)s1. The molecule has 0 spiro atoms. The van der Waals surface area contributed by atoms with E-state index in [2.05, 4.69) is 20.8 Å². The monoisotopic (exact) mass is 392 g/mol. The van der Waals surface area contributed by atoms with Gasteiger partial charge in [0.15, 0.2) is 21.8 Å². The van der Waals surface area contributed by atoms with E-state index in [9.17, 15) is 18.0 Å². The van der Waals surface area contributed by atoms with Gasteiger partial charge in [0.2, 0.25) is 11.0 Å². The third-order valence-corrected chi connectivity index (χ3v) is 4.99. The van der Waals surface area contributed by atoms with Crippen molar-refractivity contribution < 1.29 is 22.7 Å². The number of methoxy groups -OCH3 is 1. The van der Waals surface area contributed by atoms with Gasteiger partial charge < -0.3 is 15.4 Å². The Hall–Kier alpha value is -1.85. The van der Waals surface area contributed by atoms with E-state index in [-0.39, 0.29) is 0 Å². The molecule has 0 aliphatic heterocycles. The molecule has 2 N–H and O–H groups in total. The minimum absolute atomic E-state index is 0.421. The van der Waals surface area contributed by atoms with Crippen molar-refractivity contribution in [1.29, 1.82) is 0 Å². The number of hydrogen-bond acceptors (Lipinski definition) is 7. The van der Waals surface area contributed by atoms with Crippen molar-refractivity contribution >= 4 is 39.8 Å². The van der Waals surface area contributed by atoms with E-state index in [1.54, 1.807) is 14.0 Å². The predicted molar refractivity (Wildman–Crippen MR) is 90.5 cm³/mol. The molecule has 1 heterocycles. The first-order valence-electron chi connectivity index (χ1n) is 7.09. The normalized spacial score (nSPS) is 12.0. The highest BCUT2D eigenvalue weighted by atomic mass is 32.2. The average Bonchev–Trinajstić information content (AvgIpc) is 3.03. The smallest absolute Gasteiger partial charge is 0.237 e. The van der Waals surface area contributed by atoms with Crippen molar-refractivity contribution in [3.63, 3.8) is 0 Å². The zero-order chi connectivity index (χ0) is 18.4. The van der Waals surface area contributed by atoms with Crippen LogP contribution in [0.1, 0.15) is 6.92 Å². The van der Waals surface area contributed by atoms with E-state index in [0.717, 1.165) is 23.9 Å². The molecule has 1 amide bonds. The van der Waals surface area contributed by atoms with Crippen LogP contribution in [0.15, 0.2) is 16.5 Å². The predicted octanol–water partition coefficient (Wildman–Crippen LogP) is 3.13. The van der Waals surface area contributed by atoms with E-state index in [1.165, 1.54) is 11.3 Å². The van der Waals surface area contributed by atoms with Crippen molar-refractivity contribution in [3.05, 3.63) is 29.6 Å². The maximum absolute atomic E-state index is 13.6. The average molecular weight is 392 g/mol. The maximum Gasteiger partial charge on any atom is 0.237 e. The number of amides is 1. The number of nitrogens with zero attached hydrogens (tertiary/aromatic N) is 2. The van der Waals surface area contributed by atoms with Gasteiger partial charge in [-0.2, -0.15) is 0 Å². The van der Waals surface area contributed by atoms with Crippen LogP contribution in [0.25, 0.3) is 0 Å². The van der Waals surface area contributed by atoms with Crippen LogP contribution in [-0.4, -0.2) is 41.6 Å². The number of rotatable bonds is 8. The molecule has 2 aromatic rings. The first-order valence-corrected chi connectivity index (χ1v) is 8.79. The van der Waals surface area contributed by atoms with Crippen molar-refractivity contribution in [2.75, 3.05) is 30.9 Å². The Bertz CT molecular complexity index is 745. The number of carbonyl (C=O) groups excluding carboxylic acids is 1. The highest BCUT2D eigenvalue weighted by Crippen LogP contribution is 2.29. The fourth-order valence-electron chi connectivity index (χ4n) is 1.65. The van der Waals surface area contributed by atoms with Gasteiger partial charge in [0, 0.05) is 13.7 Å². The van der Waals surface area contributed by atoms with Gasteiger partial charge in [-0.25, -0.2) is 13.2 Å². The number of nitrogens with one attached hydrogen (secondary N) is 2. The highest BCUT2D eigenvalue weighted by molar-refractivity contribution is 8.02. The lowest BCUT2D eigenvalue weighted by Gasteiger charge is -2.11. The van der Waals surface area contributed by atoms with Gasteiger partial charge in [0.1, 0.15) is 0 Å². The molecular weight excluding hydrogens is 377 g/mol. The molecular formula is C14H15F3N4O2S2. The van der Waals surface area contributed by atoms with E-state index < -0.39 is 34.3 Å². The lowest BCUT2D eigenvalue weighted by molar-refractivity contribution is -0.115. The second-order valence-electron chi connectivity index (χ2n) is 4.76. The molecule has 0 aliphatic rings. The van der Waals surface area contributed by atoms with Gasteiger partial charge in [0.05, 0.1) is 17.5 Å². The number of ether oxygens (including phenoxy) is 1. The first-order chi connectivity index (χ1) is 11.9. The van der Waals surface area contributed by atoms with Crippen molar-refractivity contribution in [2.24, 2.45) is 0 Å². The molecule has 2 rings (SSSR count). The lowest BCUT2D eigenvalue weighted by atomic mass is 10.2. The van der Waals surface area contributed by atoms with E-state index >= 15 is 0 Å². The van der Waals surface area contributed by atoms with Gasteiger partial charge in [0.25, 0.3) is 0 Å². The van der Waals surface area contributed by atoms with E-state index in [1.807, 2.05) is 0 Å². The molecule has 11 heteroatoms. The van der Waals surface area contributed by atoms with Gasteiger partial charge >= 0.3 is 0 Å². The fraction of sp³-hybridized carbons (Fsp3) is 0.357. The van der Waals surface area contributed by atoms with Gasteiger partial charge in [-0.15, -0.1) is 10.2 Å². The molecule has 1 aromatic heterocycles. The van der Waals surface area contributed by atoms with Crippen LogP contribution in [0.4, 0.5) is 24.0 Å². The van der Waals surface area contributed by atoms with Crippen LogP contribution in [0, 0.1) is 17.5 Å². The molecule has 1 atom stereocenters. The van der Waals surface area contributed by atoms with Crippen molar-refractivity contribution in [1.82, 2.24) is 10.2 Å². The summed E-state index contributed by atoms with van der Waals surface area (Å²) in [7, 11) is 1.58. The summed E-state index contributed by atoms with van der Waals surface area (Å²) >= 11 is 2.37. The molecule has 0 saturated carbocycles.